The molecule has 0 aromatic heterocycles. The van der Waals surface area contributed by atoms with Crippen molar-refractivity contribution in [3.63, 3.8) is 0 Å². The lowest BCUT2D eigenvalue weighted by Crippen LogP contribution is -2.54. The second-order valence-electron chi connectivity index (χ2n) is 4.16. The molecule has 0 aromatic rings. The highest BCUT2D eigenvalue weighted by molar-refractivity contribution is 7.88. The molecule has 2 atom stereocenters. The molecule has 0 bridgehead atoms. The minimum absolute atomic E-state index is 0.114. The monoisotopic (exact) mass is 236 g/mol. The first kappa shape index (κ1) is 10.8. The lowest BCUT2D eigenvalue weighted by atomic mass is 9.86. The van der Waals surface area contributed by atoms with Gasteiger partial charge in [0, 0.05) is 19.0 Å². The molecule has 2 rings (SSSR count). The Morgan fingerprint density at radius 1 is 1.60 bits per heavy atom. The summed E-state index contributed by atoms with van der Waals surface area (Å²) in [6.07, 6.45) is 1.53. The molecule has 0 spiro atoms. The Hall–Kier alpha value is -0.690. The Labute approximate surface area is 87.7 Å². The summed E-state index contributed by atoms with van der Waals surface area (Å²) < 4.78 is 37.8. The molecule has 2 aliphatic rings. The molecule has 0 radical (unpaired) electrons. The molecular formula is C8H13FN2O3S. The number of nitrogens with zero attached hydrogens (tertiary/aromatic N) is 1. The van der Waals surface area contributed by atoms with Crippen LogP contribution in [-0.4, -0.2) is 50.2 Å². The molecule has 0 aromatic carbocycles. The number of nitrogens with one attached hydrogen (secondary N) is 1. The van der Waals surface area contributed by atoms with E-state index in [4.69, 9.17) is 0 Å². The van der Waals surface area contributed by atoms with Crippen molar-refractivity contribution in [2.75, 3.05) is 25.9 Å². The first-order chi connectivity index (χ1) is 6.84. The fourth-order valence-corrected chi connectivity index (χ4v) is 3.05. The summed E-state index contributed by atoms with van der Waals surface area (Å²) in [6.45, 7) is 0.192. The Bertz CT molecular complexity index is 397. The van der Waals surface area contributed by atoms with Crippen LogP contribution in [0.2, 0.25) is 0 Å². The molecule has 7 heteroatoms. The average molecular weight is 236 g/mol. The molecule has 1 N–H and O–H groups in total. The van der Waals surface area contributed by atoms with Crippen molar-refractivity contribution in [3.05, 3.63) is 0 Å². The number of sulfonamides is 1. The van der Waals surface area contributed by atoms with Crippen LogP contribution in [0, 0.1) is 5.92 Å². The van der Waals surface area contributed by atoms with Crippen molar-refractivity contribution in [2.24, 2.45) is 5.92 Å². The van der Waals surface area contributed by atoms with Crippen LogP contribution in [0.3, 0.4) is 0 Å². The lowest BCUT2D eigenvalue weighted by Gasteiger charge is -2.29. The summed E-state index contributed by atoms with van der Waals surface area (Å²) in [5.41, 5.74) is -2.03. The quantitative estimate of drug-likeness (QED) is 0.642. The Morgan fingerprint density at radius 2 is 2.27 bits per heavy atom. The van der Waals surface area contributed by atoms with Crippen LogP contribution in [0.1, 0.15) is 6.42 Å². The van der Waals surface area contributed by atoms with Crippen LogP contribution in [0.5, 0.6) is 0 Å². The zero-order valence-electron chi connectivity index (χ0n) is 8.36. The first-order valence-corrected chi connectivity index (χ1v) is 6.61. The van der Waals surface area contributed by atoms with Crippen LogP contribution in [0.15, 0.2) is 0 Å². The van der Waals surface area contributed by atoms with E-state index in [1.54, 1.807) is 0 Å². The van der Waals surface area contributed by atoms with E-state index in [1.807, 2.05) is 0 Å². The van der Waals surface area contributed by atoms with Gasteiger partial charge >= 0.3 is 0 Å². The third-order valence-electron chi connectivity index (χ3n) is 3.10. The number of amides is 1. The largest absolute Gasteiger partial charge is 0.353 e. The SMILES string of the molecule is CS(=O)(=O)N1C[C@@H]2CCNC(=O)[C@]2(F)C1. The predicted molar refractivity (Wildman–Crippen MR) is 51.4 cm³/mol. The van der Waals surface area contributed by atoms with Gasteiger partial charge in [-0.15, -0.1) is 0 Å². The summed E-state index contributed by atoms with van der Waals surface area (Å²) in [4.78, 5) is 11.4. The van der Waals surface area contributed by atoms with Gasteiger partial charge in [0.25, 0.3) is 5.91 Å². The first-order valence-electron chi connectivity index (χ1n) is 4.76. The molecule has 0 unspecified atom stereocenters. The van der Waals surface area contributed by atoms with E-state index in [1.165, 1.54) is 0 Å². The van der Waals surface area contributed by atoms with Gasteiger partial charge in [0.05, 0.1) is 12.8 Å². The van der Waals surface area contributed by atoms with Crippen molar-refractivity contribution in [2.45, 2.75) is 12.1 Å². The summed E-state index contributed by atoms with van der Waals surface area (Å²) in [5, 5.41) is 2.43. The van der Waals surface area contributed by atoms with Crippen molar-refractivity contribution < 1.29 is 17.6 Å². The van der Waals surface area contributed by atoms with E-state index >= 15 is 0 Å². The Kier molecular flexibility index (Phi) is 2.27. The number of halogens is 1. The van der Waals surface area contributed by atoms with Crippen LogP contribution < -0.4 is 5.32 Å². The van der Waals surface area contributed by atoms with Gasteiger partial charge in [-0.2, -0.15) is 4.31 Å². The highest BCUT2D eigenvalue weighted by atomic mass is 32.2. The highest BCUT2D eigenvalue weighted by Gasteiger charge is 2.56. The number of hydrogen-bond acceptors (Lipinski definition) is 3. The van der Waals surface area contributed by atoms with E-state index < -0.39 is 27.5 Å². The van der Waals surface area contributed by atoms with Gasteiger partial charge in [0.1, 0.15) is 0 Å². The normalized spacial score (nSPS) is 37.5. The molecule has 15 heavy (non-hydrogen) atoms. The zero-order valence-corrected chi connectivity index (χ0v) is 9.18. The fraction of sp³-hybridized carbons (Fsp3) is 0.875. The van der Waals surface area contributed by atoms with Crippen LogP contribution in [0.25, 0.3) is 0 Å². The average Bonchev–Trinajstić information content (AvgIpc) is 2.44. The molecular weight excluding hydrogens is 223 g/mol. The van der Waals surface area contributed by atoms with Crippen LogP contribution >= 0.6 is 0 Å². The minimum Gasteiger partial charge on any atom is -0.353 e. The number of alkyl halides is 1. The summed E-state index contributed by atoms with van der Waals surface area (Å²) >= 11 is 0. The van der Waals surface area contributed by atoms with Crippen molar-refractivity contribution >= 4 is 15.9 Å². The van der Waals surface area contributed by atoms with E-state index in [2.05, 4.69) is 5.32 Å². The molecule has 5 nitrogen and oxygen atoms in total. The Balaban J connectivity index is 2.28. The molecule has 0 saturated carbocycles. The third kappa shape index (κ3) is 1.63. The molecule has 86 valence electrons. The number of piperidine rings is 1. The number of hydrogen-bond donors (Lipinski definition) is 1. The van der Waals surface area contributed by atoms with E-state index in [0.717, 1.165) is 10.6 Å². The van der Waals surface area contributed by atoms with Gasteiger partial charge < -0.3 is 5.32 Å². The van der Waals surface area contributed by atoms with Gasteiger partial charge in [-0.25, -0.2) is 12.8 Å². The topological polar surface area (TPSA) is 66.5 Å². The molecule has 2 heterocycles. The smallest absolute Gasteiger partial charge is 0.259 e. The number of carbonyl (C=O) groups excluding carboxylic acids is 1. The Morgan fingerprint density at radius 3 is 2.80 bits per heavy atom. The second-order valence-corrected chi connectivity index (χ2v) is 6.14. The second kappa shape index (κ2) is 3.15. The molecule has 1 amide bonds. The van der Waals surface area contributed by atoms with Gasteiger partial charge in [-0.05, 0) is 6.42 Å². The summed E-state index contributed by atoms with van der Waals surface area (Å²) in [5.74, 6) is -1.18. The van der Waals surface area contributed by atoms with E-state index in [0.29, 0.717) is 13.0 Å². The van der Waals surface area contributed by atoms with Gasteiger partial charge in [-0.1, -0.05) is 0 Å². The van der Waals surface area contributed by atoms with Crippen molar-refractivity contribution in [1.29, 1.82) is 0 Å². The number of carbonyl (C=O) groups is 1. The van der Waals surface area contributed by atoms with Crippen molar-refractivity contribution in [3.8, 4) is 0 Å². The standard InChI is InChI=1S/C8H13FN2O3S/c1-15(13,14)11-4-6-2-3-10-7(12)8(6,9)5-11/h6H,2-5H2,1H3,(H,10,12)/t6-,8-/m0/s1. The maximum Gasteiger partial charge on any atom is 0.259 e. The number of rotatable bonds is 1. The predicted octanol–water partition coefficient (Wildman–Crippen LogP) is -0.894. The molecule has 0 aliphatic carbocycles. The van der Waals surface area contributed by atoms with Crippen molar-refractivity contribution in [1.82, 2.24) is 9.62 Å². The van der Waals surface area contributed by atoms with E-state index in [9.17, 15) is 17.6 Å². The zero-order chi connectivity index (χ0) is 11.3. The lowest BCUT2D eigenvalue weighted by molar-refractivity contribution is -0.136. The molecule has 2 fully saturated rings. The summed E-state index contributed by atoms with van der Waals surface area (Å²) in [7, 11) is -3.41. The highest BCUT2D eigenvalue weighted by Crippen LogP contribution is 2.37. The van der Waals surface area contributed by atoms with Gasteiger partial charge in [0.15, 0.2) is 0 Å². The van der Waals surface area contributed by atoms with E-state index in [-0.39, 0.29) is 13.1 Å². The number of fused-ring (bicyclic) bond motifs is 1. The van der Waals surface area contributed by atoms with Gasteiger partial charge in [-0.3, -0.25) is 4.79 Å². The van der Waals surface area contributed by atoms with Crippen LogP contribution in [-0.2, 0) is 14.8 Å². The molecule has 2 aliphatic heterocycles. The summed E-state index contributed by atoms with van der Waals surface area (Å²) in [6, 6.07) is 0. The van der Waals surface area contributed by atoms with Gasteiger partial charge in [0.2, 0.25) is 15.7 Å². The maximum atomic E-state index is 14.2. The molecule has 2 saturated heterocycles. The third-order valence-corrected chi connectivity index (χ3v) is 4.32. The van der Waals surface area contributed by atoms with Crippen LogP contribution in [0.4, 0.5) is 4.39 Å². The minimum atomic E-state index is -3.41. The maximum absolute atomic E-state index is 14.2. The fourth-order valence-electron chi connectivity index (χ4n) is 2.18.